The third kappa shape index (κ3) is 6.76. The Labute approximate surface area is 213 Å². The molecule has 0 aliphatic heterocycles. The van der Waals surface area contributed by atoms with E-state index in [2.05, 4.69) is 4.99 Å². The van der Waals surface area contributed by atoms with E-state index in [0.29, 0.717) is 23.0 Å². The maximum atomic E-state index is 13.1. The number of hydrogen-bond acceptors (Lipinski definition) is 7. The molecule has 3 aromatic rings. The van der Waals surface area contributed by atoms with Crippen LogP contribution in [0.3, 0.4) is 0 Å². The first-order valence-corrected chi connectivity index (χ1v) is 13.4. The number of methoxy groups -OCH3 is 3. The van der Waals surface area contributed by atoms with Crippen molar-refractivity contribution in [2.75, 3.05) is 54.2 Å². The van der Waals surface area contributed by atoms with E-state index >= 15 is 0 Å². The van der Waals surface area contributed by atoms with Crippen LogP contribution >= 0.6 is 22.9 Å². The van der Waals surface area contributed by atoms with Gasteiger partial charge in [0, 0.05) is 51.5 Å². The van der Waals surface area contributed by atoms with Gasteiger partial charge in [-0.25, -0.2) is 8.42 Å². The molecule has 2 aromatic carbocycles. The monoisotopic (exact) mass is 541 g/mol. The molecule has 1 aromatic heterocycles. The van der Waals surface area contributed by atoms with E-state index in [1.807, 2.05) is 16.7 Å². The molecule has 0 spiro atoms. The second kappa shape index (κ2) is 12.7. The topological polar surface area (TPSA) is 99.4 Å². The molecule has 0 fully saturated rings. The van der Waals surface area contributed by atoms with Gasteiger partial charge in [-0.1, -0.05) is 22.9 Å². The summed E-state index contributed by atoms with van der Waals surface area (Å²) in [6.07, 6.45) is 0. The Morgan fingerprint density at radius 1 is 1.00 bits per heavy atom. The van der Waals surface area contributed by atoms with E-state index in [9.17, 15) is 13.2 Å². The van der Waals surface area contributed by atoms with Crippen LogP contribution in [-0.2, 0) is 30.8 Å². The predicted octanol–water partition coefficient (Wildman–Crippen LogP) is 3.03. The molecule has 0 saturated carbocycles. The lowest BCUT2D eigenvalue weighted by Crippen LogP contribution is -2.36. The van der Waals surface area contributed by atoms with E-state index in [-0.39, 0.29) is 36.8 Å². The number of carbonyl (C=O) groups is 1. The number of hydrogen-bond donors (Lipinski definition) is 0. The number of benzene rings is 2. The van der Waals surface area contributed by atoms with Gasteiger partial charge in [0.25, 0.3) is 5.91 Å². The Balaban J connectivity index is 1.91. The summed E-state index contributed by atoms with van der Waals surface area (Å²) in [7, 11) is 0.842. The average Bonchev–Trinajstić information content (AvgIpc) is 3.18. The minimum absolute atomic E-state index is 0.0768. The number of nitrogens with zero attached hydrogens (tertiary/aromatic N) is 3. The van der Waals surface area contributed by atoms with Crippen molar-refractivity contribution in [2.24, 2.45) is 4.99 Å². The van der Waals surface area contributed by atoms with Gasteiger partial charge in [0.15, 0.2) is 4.80 Å². The third-order valence-corrected chi connectivity index (χ3v) is 8.38. The normalized spacial score (nSPS) is 12.7. The Hall–Kier alpha value is -2.12. The molecular formula is C23H28ClN3O6S2. The van der Waals surface area contributed by atoms with Gasteiger partial charge in [-0.15, -0.1) is 0 Å². The molecule has 1 heterocycles. The summed E-state index contributed by atoms with van der Waals surface area (Å²) in [6, 6.07) is 11.2. The molecule has 35 heavy (non-hydrogen) atoms. The van der Waals surface area contributed by atoms with Crippen LogP contribution in [0.15, 0.2) is 52.4 Å². The Morgan fingerprint density at radius 2 is 1.63 bits per heavy atom. The number of halogens is 1. The fraction of sp³-hybridized carbons (Fsp3) is 0.391. The van der Waals surface area contributed by atoms with Crippen molar-refractivity contribution in [3.05, 3.63) is 57.9 Å². The fourth-order valence-corrected chi connectivity index (χ4v) is 6.08. The molecular weight excluding hydrogens is 514 g/mol. The smallest absolute Gasteiger partial charge is 0.279 e. The molecule has 0 atom stereocenters. The lowest BCUT2D eigenvalue weighted by Gasteiger charge is -2.21. The lowest BCUT2D eigenvalue weighted by molar-refractivity contribution is 0.0997. The van der Waals surface area contributed by atoms with Gasteiger partial charge < -0.3 is 18.8 Å². The number of carbonyl (C=O) groups excluding carboxylic acids is 1. The Kier molecular flexibility index (Phi) is 9.99. The first-order chi connectivity index (χ1) is 16.8. The molecule has 0 saturated heterocycles. The summed E-state index contributed by atoms with van der Waals surface area (Å²) in [5.41, 5.74) is 1.18. The van der Waals surface area contributed by atoms with Gasteiger partial charge in [0.05, 0.1) is 34.9 Å². The minimum Gasteiger partial charge on any atom is -0.383 e. The second-order valence-corrected chi connectivity index (χ2v) is 10.9. The highest BCUT2D eigenvalue weighted by Gasteiger charge is 2.24. The zero-order chi connectivity index (χ0) is 25.4. The zero-order valence-electron chi connectivity index (χ0n) is 19.8. The van der Waals surface area contributed by atoms with Crippen LogP contribution in [-0.4, -0.2) is 77.4 Å². The SMILES string of the molecule is COCCN(CCOC)S(=O)(=O)c1ccc(C(=O)N=c2sc3cc(Cl)ccc3n2CCOC)cc1. The molecule has 0 radical (unpaired) electrons. The summed E-state index contributed by atoms with van der Waals surface area (Å²) in [5.74, 6) is -0.478. The second-order valence-electron chi connectivity index (χ2n) is 7.47. The number of thiazole rings is 1. The quantitative estimate of drug-likeness (QED) is 0.349. The van der Waals surface area contributed by atoms with Gasteiger partial charge in [-0.05, 0) is 42.5 Å². The van der Waals surface area contributed by atoms with Crippen molar-refractivity contribution in [2.45, 2.75) is 11.4 Å². The van der Waals surface area contributed by atoms with E-state index in [4.69, 9.17) is 25.8 Å². The zero-order valence-corrected chi connectivity index (χ0v) is 22.2. The Morgan fingerprint density at radius 3 is 2.23 bits per heavy atom. The molecule has 0 aliphatic carbocycles. The number of fused-ring (bicyclic) bond motifs is 1. The van der Waals surface area contributed by atoms with Gasteiger partial charge in [0.1, 0.15) is 0 Å². The van der Waals surface area contributed by atoms with Crippen molar-refractivity contribution in [1.82, 2.24) is 8.87 Å². The standard InChI is InChI=1S/C23H28ClN3O6S2/c1-31-13-10-26(11-14-32-2)35(29,30)19-7-4-17(5-8-19)22(28)25-23-27(12-15-33-3)20-9-6-18(24)16-21(20)34-23/h4-9,16H,10-15H2,1-3H3. The van der Waals surface area contributed by atoms with Crippen LogP contribution < -0.4 is 4.80 Å². The maximum absolute atomic E-state index is 13.1. The van der Waals surface area contributed by atoms with Crippen LogP contribution in [0.25, 0.3) is 10.2 Å². The fourth-order valence-electron chi connectivity index (χ4n) is 3.34. The van der Waals surface area contributed by atoms with Crippen LogP contribution in [0.2, 0.25) is 5.02 Å². The van der Waals surface area contributed by atoms with Crippen molar-refractivity contribution in [1.29, 1.82) is 0 Å². The summed E-state index contributed by atoms with van der Waals surface area (Å²) in [6.45, 7) is 1.85. The van der Waals surface area contributed by atoms with Crippen molar-refractivity contribution in [3.8, 4) is 0 Å². The molecule has 0 N–H and O–H groups in total. The van der Waals surface area contributed by atoms with Gasteiger partial charge >= 0.3 is 0 Å². The average molecular weight is 542 g/mol. The highest BCUT2D eigenvalue weighted by atomic mass is 35.5. The molecule has 190 valence electrons. The largest absolute Gasteiger partial charge is 0.383 e. The maximum Gasteiger partial charge on any atom is 0.279 e. The first-order valence-electron chi connectivity index (χ1n) is 10.8. The van der Waals surface area contributed by atoms with E-state index in [1.165, 1.54) is 54.1 Å². The molecule has 0 aliphatic rings. The van der Waals surface area contributed by atoms with Crippen LogP contribution in [0.4, 0.5) is 0 Å². The van der Waals surface area contributed by atoms with Crippen molar-refractivity contribution >= 4 is 49.1 Å². The van der Waals surface area contributed by atoms with Crippen LogP contribution in [0.1, 0.15) is 10.4 Å². The van der Waals surface area contributed by atoms with Crippen molar-refractivity contribution in [3.63, 3.8) is 0 Å². The van der Waals surface area contributed by atoms with Gasteiger partial charge in [-0.3, -0.25) is 4.79 Å². The third-order valence-electron chi connectivity index (χ3n) is 5.19. The lowest BCUT2D eigenvalue weighted by atomic mass is 10.2. The van der Waals surface area contributed by atoms with E-state index in [1.54, 1.807) is 13.2 Å². The van der Waals surface area contributed by atoms with E-state index < -0.39 is 15.9 Å². The van der Waals surface area contributed by atoms with Crippen molar-refractivity contribution < 1.29 is 27.4 Å². The summed E-state index contributed by atoms with van der Waals surface area (Å²) < 4.78 is 45.5. The Bertz CT molecular complexity index is 1310. The highest BCUT2D eigenvalue weighted by molar-refractivity contribution is 7.89. The van der Waals surface area contributed by atoms with E-state index in [0.717, 1.165) is 10.2 Å². The van der Waals surface area contributed by atoms with Crippen LogP contribution in [0.5, 0.6) is 0 Å². The van der Waals surface area contributed by atoms with Gasteiger partial charge in [0.2, 0.25) is 10.0 Å². The van der Waals surface area contributed by atoms with Gasteiger partial charge in [-0.2, -0.15) is 9.30 Å². The molecule has 0 bridgehead atoms. The molecule has 0 unspecified atom stereocenters. The number of sulfonamides is 1. The number of aromatic nitrogens is 1. The van der Waals surface area contributed by atoms with Crippen LogP contribution in [0, 0.1) is 0 Å². The molecule has 9 nitrogen and oxygen atoms in total. The summed E-state index contributed by atoms with van der Waals surface area (Å²) >= 11 is 7.47. The summed E-state index contributed by atoms with van der Waals surface area (Å²) in [4.78, 5) is 17.8. The predicted molar refractivity (Wildman–Crippen MR) is 136 cm³/mol. The highest BCUT2D eigenvalue weighted by Crippen LogP contribution is 2.22. The number of rotatable bonds is 12. The number of ether oxygens (including phenoxy) is 3. The molecule has 3 rings (SSSR count). The number of amides is 1. The minimum atomic E-state index is -3.78. The first kappa shape index (κ1) is 27.5. The molecule has 12 heteroatoms. The molecule has 1 amide bonds. The summed E-state index contributed by atoms with van der Waals surface area (Å²) in [5, 5.41) is 0.595.